The molecule has 3 N–H and O–H groups in total. The number of nitrogens with two attached hydrogens (primary N) is 1. The molecule has 2 aromatic heterocycles. The minimum atomic E-state index is -0.380. The van der Waals surface area contributed by atoms with Gasteiger partial charge in [-0.25, -0.2) is 4.98 Å². The molecule has 0 saturated carbocycles. The van der Waals surface area contributed by atoms with Gasteiger partial charge in [-0.15, -0.1) is 10.2 Å². The van der Waals surface area contributed by atoms with Crippen LogP contribution in [0.1, 0.15) is 30.2 Å². The molecule has 0 saturated heterocycles. The Balaban J connectivity index is 1.79. The topological polar surface area (TPSA) is 117 Å². The first-order valence-electron chi connectivity index (χ1n) is 9.19. The zero-order chi connectivity index (χ0) is 20.8. The van der Waals surface area contributed by atoms with E-state index in [-0.39, 0.29) is 11.9 Å². The summed E-state index contributed by atoms with van der Waals surface area (Å²) in [4.78, 5) is 17.2. The molecular formula is C20H24N6O3. The highest BCUT2D eigenvalue weighted by Crippen LogP contribution is 2.23. The number of aromatic nitrogens is 4. The quantitative estimate of drug-likeness (QED) is 0.444. The van der Waals surface area contributed by atoms with Crippen LogP contribution in [0.25, 0.3) is 11.5 Å². The summed E-state index contributed by atoms with van der Waals surface area (Å²) in [5.41, 5.74) is 7.23. The Bertz CT molecular complexity index is 986. The maximum absolute atomic E-state index is 12.7. The van der Waals surface area contributed by atoms with E-state index in [9.17, 15) is 4.79 Å². The SMILES string of the molecule is COCCOc1ccc(N)c(C(=O)Nc2cccc(-c3nncn3C(C)C)n2)c1. The van der Waals surface area contributed by atoms with Crippen LogP contribution in [0.4, 0.5) is 11.5 Å². The summed E-state index contributed by atoms with van der Waals surface area (Å²) in [5.74, 6) is 1.17. The van der Waals surface area contributed by atoms with Crippen LogP contribution in [0, 0.1) is 0 Å². The van der Waals surface area contributed by atoms with Gasteiger partial charge in [0, 0.05) is 18.8 Å². The fourth-order valence-electron chi connectivity index (χ4n) is 2.68. The number of carbonyl (C=O) groups excluding carboxylic acids is 1. The van der Waals surface area contributed by atoms with Gasteiger partial charge < -0.3 is 25.1 Å². The van der Waals surface area contributed by atoms with E-state index in [0.717, 1.165) is 0 Å². The van der Waals surface area contributed by atoms with Crippen molar-refractivity contribution in [2.75, 3.05) is 31.4 Å². The number of pyridine rings is 1. The molecule has 9 nitrogen and oxygen atoms in total. The first kappa shape index (κ1) is 20.3. The van der Waals surface area contributed by atoms with Gasteiger partial charge in [0.15, 0.2) is 5.82 Å². The Morgan fingerprint density at radius 1 is 1.24 bits per heavy atom. The number of hydrogen-bond acceptors (Lipinski definition) is 7. The van der Waals surface area contributed by atoms with Crippen LogP contribution >= 0.6 is 0 Å². The highest BCUT2D eigenvalue weighted by Gasteiger charge is 2.15. The summed E-state index contributed by atoms with van der Waals surface area (Å²) in [6.45, 7) is 4.89. The van der Waals surface area contributed by atoms with Crippen LogP contribution in [0.15, 0.2) is 42.7 Å². The average molecular weight is 396 g/mol. The number of hydrogen-bond donors (Lipinski definition) is 2. The van der Waals surface area contributed by atoms with Crippen molar-refractivity contribution in [3.8, 4) is 17.3 Å². The van der Waals surface area contributed by atoms with Gasteiger partial charge in [0.05, 0.1) is 12.2 Å². The van der Waals surface area contributed by atoms with Crippen LogP contribution in [0.3, 0.4) is 0 Å². The lowest BCUT2D eigenvalue weighted by Gasteiger charge is -2.12. The van der Waals surface area contributed by atoms with Crippen molar-refractivity contribution in [1.82, 2.24) is 19.7 Å². The number of rotatable bonds is 8. The van der Waals surface area contributed by atoms with Crippen molar-refractivity contribution in [2.45, 2.75) is 19.9 Å². The summed E-state index contributed by atoms with van der Waals surface area (Å²) in [7, 11) is 1.59. The van der Waals surface area contributed by atoms with Crippen molar-refractivity contribution in [2.24, 2.45) is 0 Å². The molecule has 1 amide bonds. The normalized spacial score (nSPS) is 10.9. The molecule has 0 atom stereocenters. The van der Waals surface area contributed by atoms with Gasteiger partial charge in [-0.2, -0.15) is 0 Å². The van der Waals surface area contributed by atoms with Gasteiger partial charge in [0.2, 0.25) is 0 Å². The van der Waals surface area contributed by atoms with Gasteiger partial charge in [-0.1, -0.05) is 6.07 Å². The summed E-state index contributed by atoms with van der Waals surface area (Å²) < 4.78 is 12.4. The van der Waals surface area contributed by atoms with Crippen LogP contribution in [-0.2, 0) is 4.74 Å². The molecule has 0 bridgehead atoms. The van der Waals surface area contributed by atoms with Crippen molar-refractivity contribution < 1.29 is 14.3 Å². The standard InChI is InChI=1S/C20H24N6O3/c1-13(2)26-12-22-25-19(26)17-5-4-6-18(23-17)24-20(27)15-11-14(7-8-16(15)21)29-10-9-28-3/h4-8,11-13H,9-10,21H2,1-3H3,(H,23,24,27). The molecule has 3 rings (SSSR count). The Kier molecular flexibility index (Phi) is 6.40. The lowest BCUT2D eigenvalue weighted by atomic mass is 10.1. The minimum Gasteiger partial charge on any atom is -0.491 e. The third-order valence-corrected chi connectivity index (χ3v) is 4.17. The fraction of sp³-hybridized carbons (Fsp3) is 0.300. The Morgan fingerprint density at radius 2 is 2.07 bits per heavy atom. The van der Waals surface area contributed by atoms with Gasteiger partial charge in [0.25, 0.3) is 5.91 Å². The fourth-order valence-corrected chi connectivity index (χ4v) is 2.68. The molecule has 3 aromatic rings. The molecule has 29 heavy (non-hydrogen) atoms. The zero-order valence-corrected chi connectivity index (χ0v) is 16.6. The lowest BCUT2D eigenvalue weighted by Crippen LogP contribution is -2.15. The van der Waals surface area contributed by atoms with E-state index in [0.29, 0.717) is 47.6 Å². The summed E-state index contributed by atoms with van der Waals surface area (Å²) in [5, 5.41) is 10.9. The van der Waals surface area contributed by atoms with Crippen LogP contribution in [0.5, 0.6) is 5.75 Å². The Hall–Kier alpha value is -3.46. The van der Waals surface area contributed by atoms with Crippen LogP contribution in [-0.4, -0.2) is 46.0 Å². The molecule has 0 spiro atoms. The molecular weight excluding hydrogens is 372 g/mol. The number of anilines is 2. The van der Waals surface area contributed by atoms with E-state index in [1.807, 2.05) is 24.5 Å². The number of nitrogens with one attached hydrogen (secondary N) is 1. The van der Waals surface area contributed by atoms with Gasteiger partial charge in [0.1, 0.15) is 30.2 Å². The molecule has 2 heterocycles. The predicted octanol–water partition coefficient (Wildman–Crippen LogP) is 2.78. The van der Waals surface area contributed by atoms with E-state index in [1.165, 1.54) is 0 Å². The van der Waals surface area contributed by atoms with E-state index >= 15 is 0 Å². The van der Waals surface area contributed by atoms with E-state index in [4.69, 9.17) is 15.2 Å². The largest absolute Gasteiger partial charge is 0.491 e. The van der Waals surface area contributed by atoms with Gasteiger partial charge in [-0.05, 0) is 44.2 Å². The maximum Gasteiger partial charge on any atom is 0.259 e. The number of benzene rings is 1. The Labute approximate surface area is 168 Å². The second-order valence-electron chi connectivity index (χ2n) is 6.61. The van der Waals surface area contributed by atoms with Crippen molar-refractivity contribution in [1.29, 1.82) is 0 Å². The second-order valence-corrected chi connectivity index (χ2v) is 6.61. The van der Waals surface area contributed by atoms with E-state index in [2.05, 4.69) is 20.5 Å². The summed E-state index contributed by atoms with van der Waals surface area (Å²) >= 11 is 0. The molecule has 0 aliphatic carbocycles. The number of nitrogens with zero attached hydrogens (tertiary/aromatic N) is 4. The minimum absolute atomic E-state index is 0.181. The summed E-state index contributed by atoms with van der Waals surface area (Å²) in [6, 6.07) is 10.4. The van der Waals surface area contributed by atoms with E-state index < -0.39 is 0 Å². The maximum atomic E-state index is 12.7. The molecule has 0 aliphatic heterocycles. The number of nitrogen functional groups attached to an aromatic ring is 1. The third-order valence-electron chi connectivity index (χ3n) is 4.17. The predicted molar refractivity (Wildman–Crippen MR) is 110 cm³/mol. The molecule has 152 valence electrons. The molecule has 0 aliphatic rings. The van der Waals surface area contributed by atoms with Crippen molar-refractivity contribution >= 4 is 17.4 Å². The highest BCUT2D eigenvalue weighted by molar-refractivity contribution is 6.07. The monoisotopic (exact) mass is 396 g/mol. The van der Waals surface area contributed by atoms with Crippen LogP contribution < -0.4 is 15.8 Å². The lowest BCUT2D eigenvalue weighted by molar-refractivity contribution is 0.102. The van der Waals surface area contributed by atoms with Gasteiger partial charge in [-0.3, -0.25) is 4.79 Å². The van der Waals surface area contributed by atoms with E-state index in [1.54, 1.807) is 43.8 Å². The Morgan fingerprint density at radius 3 is 2.83 bits per heavy atom. The van der Waals surface area contributed by atoms with Crippen LogP contribution in [0.2, 0.25) is 0 Å². The molecule has 0 unspecified atom stereocenters. The summed E-state index contributed by atoms with van der Waals surface area (Å²) in [6.07, 6.45) is 1.66. The number of methoxy groups -OCH3 is 1. The number of amides is 1. The van der Waals surface area contributed by atoms with Crippen molar-refractivity contribution in [3.05, 3.63) is 48.3 Å². The molecule has 9 heteroatoms. The molecule has 1 aromatic carbocycles. The van der Waals surface area contributed by atoms with Gasteiger partial charge >= 0.3 is 0 Å². The molecule has 0 radical (unpaired) electrons. The smallest absolute Gasteiger partial charge is 0.259 e. The third kappa shape index (κ3) is 4.88. The van der Waals surface area contributed by atoms with Crippen molar-refractivity contribution in [3.63, 3.8) is 0 Å². The zero-order valence-electron chi connectivity index (χ0n) is 16.6. The second kappa shape index (κ2) is 9.16. The molecule has 0 fully saturated rings. The highest BCUT2D eigenvalue weighted by atomic mass is 16.5. The number of ether oxygens (including phenoxy) is 2. The first-order chi connectivity index (χ1) is 14.0. The number of carbonyl (C=O) groups is 1. The average Bonchev–Trinajstić information content (AvgIpc) is 3.20. The first-order valence-corrected chi connectivity index (χ1v) is 9.19.